The van der Waals surface area contributed by atoms with E-state index in [2.05, 4.69) is 23.0 Å². The molecule has 0 saturated carbocycles. The molecular weight excluding hydrogens is 396 g/mol. The summed E-state index contributed by atoms with van der Waals surface area (Å²) in [7, 11) is 2.00. The van der Waals surface area contributed by atoms with Gasteiger partial charge in [0.15, 0.2) is 5.16 Å². The van der Waals surface area contributed by atoms with E-state index >= 15 is 0 Å². The van der Waals surface area contributed by atoms with E-state index in [0.29, 0.717) is 24.1 Å². The van der Waals surface area contributed by atoms with Gasteiger partial charge in [-0.1, -0.05) is 30.0 Å². The van der Waals surface area contributed by atoms with Crippen molar-refractivity contribution in [1.29, 1.82) is 0 Å². The third kappa shape index (κ3) is 5.02. The zero-order valence-corrected chi connectivity index (χ0v) is 18.1. The third-order valence-electron chi connectivity index (χ3n) is 5.37. The van der Waals surface area contributed by atoms with Crippen LogP contribution in [-0.4, -0.2) is 43.9 Å². The van der Waals surface area contributed by atoms with Gasteiger partial charge in [0.1, 0.15) is 5.75 Å². The highest BCUT2D eigenvalue weighted by molar-refractivity contribution is 7.99. The number of nitrogens with zero attached hydrogens (tertiary/aromatic N) is 4. The van der Waals surface area contributed by atoms with Crippen LogP contribution in [0.15, 0.2) is 60.1 Å². The lowest BCUT2D eigenvalue weighted by molar-refractivity contribution is 0.143. The number of benzene rings is 1. The predicted octanol–water partition coefficient (Wildman–Crippen LogP) is 4.47. The molecule has 0 aliphatic carbocycles. The second kappa shape index (κ2) is 9.34. The zero-order chi connectivity index (χ0) is 20.9. The van der Waals surface area contributed by atoms with Crippen LogP contribution < -0.4 is 4.74 Å². The van der Waals surface area contributed by atoms with Crippen LogP contribution in [0.5, 0.6) is 5.75 Å². The fourth-order valence-electron chi connectivity index (χ4n) is 3.51. The highest BCUT2D eigenvalue weighted by Crippen LogP contribution is 2.29. The first-order valence-corrected chi connectivity index (χ1v) is 11.1. The van der Waals surface area contributed by atoms with Crippen molar-refractivity contribution in [2.75, 3.05) is 13.1 Å². The number of thioether (sulfide) groups is 1. The van der Waals surface area contributed by atoms with Gasteiger partial charge in [-0.15, -0.1) is 0 Å². The number of piperidine rings is 1. The number of aryl methyl sites for hydroxylation is 2. The molecule has 30 heavy (non-hydrogen) atoms. The molecule has 6 nitrogen and oxygen atoms in total. The van der Waals surface area contributed by atoms with Crippen LogP contribution in [0.3, 0.4) is 0 Å². The van der Waals surface area contributed by atoms with Crippen molar-refractivity contribution in [2.45, 2.75) is 36.6 Å². The number of pyridine rings is 1. The molecule has 0 bridgehead atoms. The number of carbonyl (C=O) groups excluding carboxylic acids is 1. The molecular formula is C23H26N4O2S. The van der Waals surface area contributed by atoms with Gasteiger partial charge in [0.25, 0.3) is 0 Å². The average Bonchev–Trinajstić information content (AvgIpc) is 3.16. The minimum atomic E-state index is -0.274. The van der Waals surface area contributed by atoms with Crippen LogP contribution in [0, 0.1) is 6.92 Å². The minimum Gasteiger partial charge on any atom is -0.410 e. The van der Waals surface area contributed by atoms with Crippen molar-refractivity contribution < 1.29 is 9.53 Å². The molecule has 156 valence electrons. The standard InChI is InChI=1S/C23H26N4O2S/c1-17-4-3-11-24-21(17)16-18-5-7-19(8-6-18)29-23(28)27-13-9-20(10-14-27)30-22-25-12-15-26(22)2/h3-8,11-12,15,20H,9-10,13-14,16H2,1-2H3. The lowest BCUT2D eigenvalue weighted by Gasteiger charge is -2.30. The van der Waals surface area contributed by atoms with Crippen LogP contribution in [0.4, 0.5) is 4.79 Å². The smallest absolute Gasteiger partial charge is 0.410 e. The number of imidazole rings is 1. The molecule has 3 heterocycles. The SMILES string of the molecule is Cc1cccnc1Cc1ccc(OC(=O)N2CCC(Sc3nccn3C)CC2)cc1. The summed E-state index contributed by atoms with van der Waals surface area (Å²) in [5, 5.41) is 1.50. The van der Waals surface area contributed by atoms with E-state index < -0.39 is 0 Å². The zero-order valence-electron chi connectivity index (χ0n) is 17.3. The van der Waals surface area contributed by atoms with E-state index in [0.717, 1.165) is 35.7 Å². The predicted molar refractivity (Wildman–Crippen MR) is 118 cm³/mol. The number of amides is 1. The van der Waals surface area contributed by atoms with Gasteiger partial charge in [0.05, 0.1) is 0 Å². The van der Waals surface area contributed by atoms with Crippen molar-refractivity contribution in [3.8, 4) is 5.75 Å². The third-order valence-corrected chi connectivity index (χ3v) is 6.78. The summed E-state index contributed by atoms with van der Waals surface area (Å²) >= 11 is 1.79. The largest absolute Gasteiger partial charge is 0.415 e. The molecule has 4 rings (SSSR count). The maximum atomic E-state index is 12.5. The number of carbonyl (C=O) groups is 1. The Kier molecular flexibility index (Phi) is 6.38. The Hall–Kier alpha value is -2.80. The molecule has 7 heteroatoms. The molecule has 0 atom stereocenters. The van der Waals surface area contributed by atoms with Gasteiger partial charge in [0, 0.05) is 56.1 Å². The lowest BCUT2D eigenvalue weighted by atomic mass is 10.1. The summed E-state index contributed by atoms with van der Waals surface area (Å²) < 4.78 is 7.62. The Labute approximate surface area is 181 Å². The molecule has 1 aromatic carbocycles. The molecule has 0 unspecified atom stereocenters. The summed E-state index contributed by atoms with van der Waals surface area (Å²) in [6.07, 6.45) is 7.96. The van der Waals surface area contributed by atoms with Gasteiger partial charge >= 0.3 is 6.09 Å². The Balaban J connectivity index is 1.27. The lowest BCUT2D eigenvalue weighted by Crippen LogP contribution is -2.40. The van der Waals surface area contributed by atoms with Gasteiger partial charge in [0.2, 0.25) is 0 Å². The minimum absolute atomic E-state index is 0.274. The Bertz CT molecular complexity index is 994. The van der Waals surface area contributed by atoms with Crippen LogP contribution in [0.2, 0.25) is 0 Å². The second-order valence-electron chi connectivity index (χ2n) is 7.58. The monoisotopic (exact) mass is 422 g/mol. The summed E-state index contributed by atoms with van der Waals surface area (Å²) in [4.78, 5) is 23.1. The van der Waals surface area contributed by atoms with Crippen LogP contribution in [-0.2, 0) is 13.5 Å². The molecule has 1 aliphatic heterocycles. The fourth-order valence-corrected chi connectivity index (χ4v) is 4.60. The van der Waals surface area contributed by atoms with Crippen LogP contribution in [0.25, 0.3) is 0 Å². The van der Waals surface area contributed by atoms with Gasteiger partial charge in [-0.3, -0.25) is 4.98 Å². The number of hydrogen-bond donors (Lipinski definition) is 0. The number of rotatable bonds is 5. The fraction of sp³-hybridized carbons (Fsp3) is 0.348. The van der Waals surface area contributed by atoms with Crippen LogP contribution >= 0.6 is 11.8 Å². The highest BCUT2D eigenvalue weighted by Gasteiger charge is 2.25. The molecule has 2 aromatic heterocycles. The van der Waals surface area contributed by atoms with Crippen molar-refractivity contribution in [2.24, 2.45) is 7.05 Å². The first kappa shape index (κ1) is 20.5. The maximum Gasteiger partial charge on any atom is 0.415 e. The molecule has 1 amide bonds. The van der Waals surface area contributed by atoms with Gasteiger partial charge < -0.3 is 14.2 Å². The summed E-state index contributed by atoms with van der Waals surface area (Å²) in [6.45, 7) is 3.48. The van der Waals surface area contributed by atoms with E-state index in [1.807, 2.05) is 60.5 Å². The highest BCUT2D eigenvalue weighted by atomic mass is 32.2. The summed E-state index contributed by atoms with van der Waals surface area (Å²) in [6, 6.07) is 11.7. The average molecular weight is 423 g/mol. The van der Waals surface area contributed by atoms with Crippen molar-refractivity contribution in [3.63, 3.8) is 0 Å². The quantitative estimate of drug-likeness (QED) is 0.607. The van der Waals surface area contributed by atoms with E-state index in [1.165, 1.54) is 5.56 Å². The Morgan fingerprint density at radius 1 is 1.13 bits per heavy atom. The molecule has 1 aliphatic rings. The van der Waals surface area contributed by atoms with Gasteiger partial charge in [-0.2, -0.15) is 0 Å². The van der Waals surface area contributed by atoms with E-state index in [1.54, 1.807) is 16.7 Å². The van der Waals surface area contributed by atoms with Crippen LogP contribution in [0.1, 0.15) is 29.7 Å². The molecule has 1 saturated heterocycles. The van der Waals surface area contributed by atoms with Crippen molar-refractivity contribution in [1.82, 2.24) is 19.4 Å². The van der Waals surface area contributed by atoms with E-state index in [-0.39, 0.29) is 6.09 Å². The maximum absolute atomic E-state index is 12.5. The van der Waals surface area contributed by atoms with Gasteiger partial charge in [-0.25, -0.2) is 9.78 Å². The molecule has 1 fully saturated rings. The first-order valence-electron chi connectivity index (χ1n) is 10.2. The second-order valence-corrected chi connectivity index (χ2v) is 8.85. The number of hydrogen-bond acceptors (Lipinski definition) is 5. The molecule has 0 spiro atoms. The normalized spacial score (nSPS) is 14.7. The number of ether oxygens (including phenoxy) is 1. The van der Waals surface area contributed by atoms with Crippen molar-refractivity contribution >= 4 is 17.9 Å². The molecule has 0 N–H and O–H groups in total. The first-order chi connectivity index (χ1) is 14.6. The Morgan fingerprint density at radius 3 is 2.57 bits per heavy atom. The van der Waals surface area contributed by atoms with Crippen molar-refractivity contribution in [3.05, 3.63) is 71.8 Å². The van der Waals surface area contributed by atoms with E-state index in [9.17, 15) is 4.79 Å². The molecule has 3 aromatic rings. The Morgan fingerprint density at radius 2 is 1.90 bits per heavy atom. The summed E-state index contributed by atoms with van der Waals surface area (Å²) in [5.41, 5.74) is 3.38. The van der Waals surface area contributed by atoms with Gasteiger partial charge in [-0.05, 0) is 49.1 Å². The number of aromatic nitrogens is 3. The van der Waals surface area contributed by atoms with E-state index in [4.69, 9.17) is 4.74 Å². The molecule has 0 radical (unpaired) electrons. The summed E-state index contributed by atoms with van der Waals surface area (Å²) in [5.74, 6) is 0.575. The topological polar surface area (TPSA) is 60.2 Å². The number of likely N-dealkylation sites (tertiary alicyclic amines) is 1.